The minimum atomic E-state index is -0.301. The van der Waals surface area contributed by atoms with Crippen LogP contribution in [0.25, 0.3) is 0 Å². The summed E-state index contributed by atoms with van der Waals surface area (Å²) in [4.78, 5) is 20.5. The van der Waals surface area contributed by atoms with Crippen molar-refractivity contribution in [2.75, 3.05) is 24.3 Å². The summed E-state index contributed by atoms with van der Waals surface area (Å²) in [5.74, 6) is 1.37. The molecule has 0 bridgehead atoms. The number of hydrogen-bond donors (Lipinski definition) is 2. The Balaban J connectivity index is 1.96. The fourth-order valence-corrected chi connectivity index (χ4v) is 2.21. The van der Waals surface area contributed by atoms with E-state index < -0.39 is 0 Å². The van der Waals surface area contributed by atoms with Crippen LogP contribution in [0.15, 0.2) is 30.6 Å². The molecule has 2 rings (SSSR count). The fourth-order valence-electron chi connectivity index (χ4n) is 1.96. The molecule has 1 amide bonds. The number of nitrogens with zero attached hydrogens (tertiary/aromatic N) is 2. The lowest BCUT2D eigenvalue weighted by Crippen LogP contribution is -2.14. The first-order valence-corrected chi connectivity index (χ1v) is 8.08. The standard InChI is InChI=1S/C17H21ClN4O2/c1-11(2)6-7-19-17-20-9-12(10-21-17)16(23)22-13-4-5-15(24-3)14(18)8-13/h4-5,8-11H,6-7H2,1-3H3,(H,22,23)(H,19,20,21). The predicted octanol–water partition coefficient (Wildman–Crippen LogP) is 3.85. The van der Waals surface area contributed by atoms with Gasteiger partial charge in [0.2, 0.25) is 5.95 Å². The minimum absolute atomic E-state index is 0.301. The quantitative estimate of drug-likeness (QED) is 0.794. The molecular weight excluding hydrogens is 328 g/mol. The number of carbonyl (C=O) groups excluding carboxylic acids is 1. The van der Waals surface area contributed by atoms with Crippen molar-refractivity contribution in [2.45, 2.75) is 20.3 Å². The third kappa shape index (κ3) is 5.09. The molecule has 1 aromatic carbocycles. The Labute approximate surface area is 146 Å². The highest BCUT2D eigenvalue weighted by Gasteiger charge is 2.09. The van der Waals surface area contributed by atoms with Crippen molar-refractivity contribution in [3.8, 4) is 5.75 Å². The van der Waals surface area contributed by atoms with Crippen LogP contribution in [0.1, 0.15) is 30.6 Å². The second-order valence-corrected chi connectivity index (χ2v) is 6.12. The van der Waals surface area contributed by atoms with Gasteiger partial charge < -0.3 is 15.4 Å². The molecule has 2 aromatic rings. The minimum Gasteiger partial charge on any atom is -0.495 e. The number of benzene rings is 1. The molecule has 6 nitrogen and oxygen atoms in total. The van der Waals surface area contributed by atoms with E-state index in [2.05, 4.69) is 34.4 Å². The van der Waals surface area contributed by atoms with Crippen molar-refractivity contribution in [3.63, 3.8) is 0 Å². The van der Waals surface area contributed by atoms with Gasteiger partial charge in [-0.05, 0) is 30.5 Å². The topological polar surface area (TPSA) is 76.1 Å². The van der Waals surface area contributed by atoms with E-state index in [1.807, 2.05) is 0 Å². The molecule has 0 saturated carbocycles. The van der Waals surface area contributed by atoms with Crippen LogP contribution in [-0.2, 0) is 0 Å². The van der Waals surface area contributed by atoms with Crippen LogP contribution in [0.4, 0.5) is 11.6 Å². The molecule has 1 aromatic heterocycles. The zero-order valence-corrected chi connectivity index (χ0v) is 14.7. The van der Waals surface area contributed by atoms with Gasteiger partial charge in [0.15, 0.2) is 0 Å². The zero-order valence-electron chi connectivity index (χ0n) is 14.0. The Morgan fingerprint density at radius 2 is 2.00 bits per heavy atom. The van der Waals surface area contributed by atoms with E-state index in [0.717, 1.165) is 13.0 Å². The largest absolute Gasteiger partial charge is 0.495 e. The molecule has 24 heavy (non-hydrogen) atoms. The molecule has 2 N–H and O–H groups in total. The van der Waals surface area contributed by atoms with Crippen molar-refractivity contribution in [2.24, 2.45) is 5.92 Å². The molecule has 0 aliphatic heterocycles. The van der Waals surface area contributed by atoms with Gasteiger partial charge in [-0.2, -0.15) is 0 Å². The van der Waals surface area contributed by atoms with Crippen LogP contribution in [0.2, 0.25) is 5.02 Å². The van der Waals surface area contributed by atoms with Crippen molar-refractivity contribution >= 4 is 29.1 Å². The average Bonchev–Trinajstić information content (AvgIpc) is 2.55. The summed E-state index contributed by atoms with van der Waals surface area (Å²) >= 11 is 6.04. The van der Waals surface area contributed by atoms with E-state index in [9.17, 15) is 4.79 Å². The first-order valence-electron chi connectivity index (χ1n) is 7.70. The Morgan fingerprint density at radius 1 is 1.29 bits per heavy atom. The highest BCUT2D eigenvalue weighted by molar-refractivity contribution is 6.32. The summed E-state index contributed by atoms with van der Waals surface area (Å²) in [5, 5.41) is 6.30. The summed E-state index contributed by atoms with van der Waals surface area (Å²) in [6, 6.07) is 5.03. The number of amides is 1. The Bertz CT molecular complexity index is 689. The van der Waals surface area contributed by atoms with Crippen LogP contribution < -0.4 is 15.4 Å². The smallest absolute Gasteiger partial charge is 0.258 e. The van der Waals surface area contributed by atoms with Gasteiger partial charge in [-0.1, -0.05) is 25.4 Å². The van der Waals surface area contributed by atoms with Crippen molar-refractivity contribution in [1.82, 2.24) is 9.97 Å². The maximum Gasteiger partial charge on any atom is 0.258 e. The van der Waals surface area contributed by atoms with Gasteiger partial charge in [-0.3, -0.25) is 4.79 Å². The molecule has 0 aliphatic carbocycles. The maximum atomic E-state index is 12.2. The molecule has 128 valence electrons. The van der Waals surface area contributed by atoms with E-state index in [1.54, 1.807) is 18.2 Å². The molecule has 0 fully saturated rings. The van der Waals surface area contributed by atoms with Gasteiger partial charge in [0.1, 0.15) is 5.75 Å². The highest BCUT2D eigenvalue weighted by atomic mass is 35.5. The zero-order chi connectivity index (χ0) is 17.5. The number of nitrogens with one attached hydrogen (secondary N) is 2. The SMILES string of the molecule is COc1ccc(NC(=O)c2cnc(NCCC(C)C)nc2)cc1Cl. The molecular formula is C17H21ClN4O2. The molecule has 0 saturated heterocycles. The summed E-state index contributed by atoms with van der Waals surface area (Å²) < 4.78 is 5.08. The van der Waals surface area contributed by atoms with Gasteiger partial charge in [0, 0.05) is 24.6 Å². The fraction of sp³-hybridized carbons (Fsp3) is 0.353. The molecule has 1 heterocycles. The molecule has 0 atom stereocenters. The number of ether oxygens (including phenoxy) is 1. The van der Waals surface area contributed by atoms with Gasteiger partial charge in [-0.25, -0.2) is 9.97 Å². The maximum absolute atomic E-state index is 12.2. The number of hydrogen-bond acceptors (Lipinski definition) is 5. The monoisotopic (exact) mass is 348 g/mol. The normalized spacial score (nSPS) is 10.5. The summed E-state index contributed by atoms with van der Waals surface area (Å²) in [5.41, 5.74) is 0.946. The number of rotatable bonds is 7. The van der Waals surface area contributed by atoms with E-state index in [-0.39, 0.29) is 5.91 Å². The van der Waals surface area contributed by atoms with Crippen molar-refractivity contribution < 1.29 is 9.53 Å². The van der Waals surface area contributed by atoms with E-state index >= 15 is 0 Å². The third-order valence-corrected chi connectivity index (χ3v) is 3.62. The Morgan fingerprint density at radius 3 is 2.58 bits per heavy atom. The van der Waals surface area contributed by atoms with Gasteiger partial charge >= 0.3 is 0 Å². The summed E-state index contributed by atoms with van der Waals surface area (Å²) in [7, 11) is 1.54. The molecule has 7 heteroatoms. The van der Waals surface area contributed by atoms with Gasteiger partial charge in [0.05, 0.1) is 17.7 Å². The Hall–Kier alpha value is -2.34. The van der Waals surface area contributed by atoms with E-state index in [4.69, 9.17) is 16.3 Å². The second kappa shape index (κ2) is 8.49. The van der Waals surface area contributed by atoms with Crippen LogP contribution in [-0.4, -0.2) is 29.5 Å². The second-order valence-electron chi connectivity index (χ2n) is 5.71. The van der Waals surface area contributed by atoms with Crippen LogP contribution in [0.5, 0.6) is 5.75 Å². The first-order chi connectivity index (χ1) is 11.5. The van der Waals surface area contributed by atoms with Crippen LogP contribution in [0, 0.1) is 5.92 Å². The number of methoxy groups -OCH3 is 1. The van der Waals surface area contributed by atoms with Crippen LogP contribution >= 0.6 is 11.6 Å². The predicted molar refractivity (Wildman–Crippen MR) is 95.9 cm³/mol. The Kier molecular flexibility index (Phi) is 6.37. The lowest BCUT2D eigenvalue weighted by Gasteiger charge is -2.09. The number of halogens is 1. The van der Waals surface area contributed by atoms with Crippen molar-refractivity contribution in [3.05, 3.63) is 41.2 Å². The lowest BCUT2D eigenvalue weighted by atomic mass is 10.1. The van der Waals surface area contributed by atoms with Crippen molar-refractivity contribution in [1.29, 1.82) is 0 Å². The lowest BCUT2D eigenvalue weighted by molar-refractivity contribution is 0.102. The van der Waals surface area contributed by atoms with Gasteiger partial charge in [0.25, 0.3) is 5.91 Å². The number of anilines is 2. The summed E-state index contributed by atoms with van der Waals surface area (Å²) in [6.45, 7) is 5.11. The molecule has 0 aliphatic rings. The number of aromatic nitrogens is 2. The molecule has 0 unspecified atom stereocenters. The van der Waals surface area contributed by atoms with E-state index in [0.29, 0.717) is 33.9 Å². The first kappa shape index (κ1) is 18.0. The highest BCUT2D eigenvalue weighted by Crippen LogP contribution is 2.27. The van der Waals surface area contributed by atoms with Crippen LogP contribution in [0.3, 0.4) is 0 Å². The molecule has 0 radical (unpaired) electrons. The third-order valence-electron chi connectivity index (χ3n) is 3.33. The average molecular weight is 349 g/mol. The summed E-state index contributed by atoms with van der Waals surface area (Å²) in [6.07, 6.45) is 4.01. The number of carbonyl (C=O) groups is 1. The van der Waals surface area contributed by atoms with E-state index in [1.165, 1.54) is 19.5 Å². The van der Waals surface area contributed by atoms with Gasteiger partial charge in [-0.15, -0.1) is 0 Å². The molecule has 0 spiro atoms.